The van der Waals surface area contributed by atoms with Crippen LogP contribution in [0, 0.1) is 13.8 Å². The maximum Gasteiger partial charge on any atom is 0.573 e. The molecule has 0 fully saturated rings. The highest BCUT2D eigenvalue weighted by Crippen LogP contribution is 2.26. The number of nitrogens with one attached hydrogen (secondary N) is 2. The van der Waals surface area contributed by atoms with Gasteiger partial charge in [0.05, 0.1) is 0 Å². The molecule has 0 spiro atoms. The quantitative estimate of drug-likeness (QED) is 0.811. The number of carbonyl (C=O) groups is 1. The first-order valence-corrected chi connectivity index (χ1v) is 8.04. The Morgan fingerprint density at radius 2 is 1.92 bits per heavy atom. The molecule has 0 radical (unpaired) electrons. The summed E-state index contributed by atoms with van der Waals surface area (Å²) in [6.45, 7) is 6.10. The van der Waals surface area contributed by atoms with E-state index in [2.05, 4.69) is 20.4 Å². The fourth-order valence-corrected chi connectivity index (χ4v) is 2.42. The Bertz CT molecular complexity index is 792. The number of hydrogen-bond acceptors (Lipinski definition) is 4. The molecule has 0 aliphatic rings. The number of carbonyl (C=O) groups excluding carboxylic acids is 1. The Kier molecular flexibility index (Phi) is 6.07. The minimum Gasteiger partial charge on any atom is -0.406 e. The van der Waals surface area contributed by atoms with E-state index in [1.807, 2.05) is 6.92 Å². The Morgan fingerprint density at radius 3 is 2.54 bits per heavy atom. The van der Waals surface area contributed by atoms with Gasteiger partial charge in [0, 0.05) is 24.3 Å². The van der Waals surface area contributed by atoms with E-state index >= 15 is 0 Å². The van der Waals surface area contributed by atoms with E-state index in [9.17, 15) is 18.0 Å². The van der Waals surface area contributed by atoms with Crippen LogP contribution in [0.25, 0.3) is 0 Å². The van der Waals surface area contributed by atoms with Crippen LogP contribution in [0.4, 0.5) is 19.0 Å². The highest BCUT2D eigenvalue weighted by Gasteiger charge is 2.31. The molecular formula is C18H20F3N3O2. The van der Waals surface area contributed by atoms with E-state index in [-0.39, 0.29) is 18.2 Å². The highest BCUT2D eigenvalue weighted by atomic mass is 19.4. The largest absolute Gasteiger partial charge is 0.573 e. The molecule has 8 heteroatoms. The third-order valence-corrected chi connectivity index (χ3v) is 3.49. The lowest BCUT2D eigenvalue weighted by molar-refractivity contribution is -0.274. The molecule has 2 N–H and O–H groups in total. The number of hydrogen-bond donors (Lipinski definition) is 2. The van der Waals surface area contributed by atoms with Gasteiger partial charge in [-0.3, -0.25) is 4.79 Å². The fourth-order valence-electron chi connectivity index (χ4n) is 2.42. The minimum absolute atomic E-state index is 0.184. The minimum atomic E-state index is -4.73. The second-order valence-electron chi connectivity index (χ2n) is 5.74. The van der Waals surface area contributed by atoms with Gasteiger partial charge in [-0.1, -0.05) is 12.1 Å². The van der Waals surface area contributed by atoms with Crippen molar-refractivity contribution >= 4 is 11.7 Å². The summed E-state index contributed by atoms with van der Waals surface area (Å²) in [4.78, 5) is 16.6. The predicted molar refractivity (Wildman–Crippen MR) is 92.2 cm³/mol. The number of aryl methyl sites for hydroxylation is 2. The number of pyridine rings is 1. The zero-order valence-electron chi connectivity index (χ0n) is 14.7. The van der Waals surface area contributed by atoms with Gasteiger partial charge < -0.3 is 15.4 Å². The van der Waals surface area contributed by atoms with Gasteiger partial charge in [-0.05, 0) is 50.1 Å². The number of anilines is 1. The van der Waals surface area contributed by atoms with E-state index in [1.165, 1.54) is 19.1 Å². The van der Waals surface area contributed by atoms with E-state index in [4.69, 9.17) is 0 Å². The standard InChI is InChI=1S/C18H20F3N3O2/c1-4-22-16-9-14(8-12(3)24-16)17(25)23-10-13-5-6-15(11(2)7-13)26-18(19,20)21/h5-9H,4,10H2,1-3H3,(H,22,24)(H,23,25). The number of ether oxygens (including phenoxy) is 1. The van der Waals surface area contributed by atoms with Crippen LogP contribution in [-0.4, -0.2) is 23.8 Å². The van der Waals surface area contributed by atoms with Gasteiger partial charge in [0.25, 0.3) is 5.91 Å². The van der Waals surface area contributed by atoms with Gasteiger partial charge in [0.15, 0.2) is 0 Å². The van der Waals surface area contributed by atoms with Gasteiger partial charge in [-0.25, -0.2) is 4.98 Å². The number of nitrogens with zero attached hydrogens (tertiary/aromatic N) is 1. The Morgan fingerprint density at radius 1 is 1.19 bits per heavy atom. The predicted octanol–water partition coefficient (Wildman–Crippen LogP) is 3.96. The molecule has 0 atom stereocenters. The van der Waals surface area contributed by atoms with Crippen LogP contribution < -0.4 is 15.4 Å². The Labute approximate surface area is 149 Å². The van der Waals surface area contributed by atoms with Crippen molar-refractivity contribution in [3.05, 3.63) is 52.7 Å². The van der Waals surface area contributed by atoms with Crippen LogP contribution in [0.15, 0.2) is 30.3 Å². The summed E-state index contributed by atoms with van der Waals surface area (Å²) in [5, 5.41) is 5.80. The van der Waals surface area contributed by atoms with Crippen molar-refractivity contribution < 1.29 is 22.7 Å². The van der Waals surface area contributed by atoms with Crippen molar-refractivity contribution in [1.29, 1.82) is 0 Å². The summed E-state index contributed by atoms with van der Waals surface area (Å²) in [7, 11) is 0. The van der Waals surface area contributed by atoms with Gasteiger partial charge in [0.2, 0.25) is 0 Å². The smallest absolute Gasteiger partial charge is 0.406 e. The summed E-state index contributed by atoms with van der Waals surface area (Å²) < 4.78 is 40.8. The lowest BCUT2D eigenvalue weighted by Crippen LogP contribution is -2.23. The zero-order chi connectivity index (χ0) is 19.3. The molecule has 1 heterocycles. The number of amides is 1. The van der Waals surface area contributed by atoms with Crippen molar-refractivity contribution in [2.45, 2.75) is 33.7 Å². The first-order valence-electron chi connectivity index (χ1n) is 8.04. The van der Waals surface area contributed by atoms with Crippen molar-refractivity contribution in [2.24, 2.45) is 0 Å². The van der Waals surface area contributed by atoms with Crippen LogP contribution in [0.3, 0.4) is 0 Å². The van der Waals surface area contributed by atoms with Gasteiger partial charge in [0.1, 0.15) is 11.6 Å². The number of halogens is 3. The topological polar surface area (TPSA) is 63.2 Å². The van der Waals surface area contributed by atoms with E-state index in [0.717, 1.165) is 0 Å². The zero-order valence-corrected chi connectivity index (χ0v) is 14.7. The van der Waals surface area contributed by atoms with Crippen LogP contribution in [0.5, 0.6) is 5.75 Å². The lowest BCUT2D eigenvalue weighted by atomic mass is 10.1. The molecule has 2 rings (SSSR count). The van der Waals surface area contributed by atoms with Gasteiger partial charge in [-0.15, -0.1) is 13.2 Å². The van der Waals surface area contributed by atoms with E-state index in [0.29, 0.717) is 34.7 Å². The molecule has 1 aromatic carbocycles. The van der Waals surface area contributed by atoms with Crippen molar-refractivity contribution in [3.8, 4) is 5.75 Å². The van der Waals surface area contributed by atoms with E-state index < -0.39 is 6.36 Å². The number of rotatable bonds is 6. The molecule has 140 valence electrons. The number of alkyl halides is 3. The normalized spacial score (nSPS) is 11.2. The number of aromatic nitrogens is 1. The summed E-state index contributed by atoms with van der Waals surface area (Å²) in [6, 6.07) is 7.59. The summed E-state index contributed by atoms with van der Waals surface area (Å²) in [5.74, 6) is 0.0673. The average molecular weight is 367 g/mol. The van der Waals surface area contributed by atoms with Gasteiger partial charge in [-0.2, -0.15) is 0 Å². The van der Waals surface area contributed by atoms with Crippen LogP contribution in [-0.2, 0) is 6.54 Å². The highest BCUT2D eigenvalue weighted by molar-refractivity contribution is 5.94. The molecule has 0 saturated heterocycles. The lowest BCUT2D eigenvalue weighted by Gasteiger charge is -2.13. The van der Waals surface area contributed by atoms with Gasteiger partial charge >= 0.3 is 6.36 Å². The first-order chi connectivity index (χ1) is 12.2. The second-order valence-corrected chi connectivity index (χ2v) is 5.74. The molecule has 0 aliphatic carbocycles. The third kappa shape index (κ3) is 5.65. The molecule has 5 nitrogen and oxygen atoms in total. The molecular weight excluding hydrogens is 347 g/mol. The Hall–Kier alpha value is -2.77. The maximum absolute atomic E-state index is 12.3. The first kappa shape index (κ1) is 19.6. The van der Waals surface area contributed by atoms with Crippen LogP contribution in [0.2, 0.25) is 0 Å². The monoisotopic (exact) mass is 367 g/mol. The van der Waals surface area contributed by atoms with Crippen molar-refractivity contribution in [3.63, 3.8) is 0 Å². The maximum atomic E-state index is 12.3. The fraction of sp³-hybridized carbons (Fsp3) is 0.333. The van der Waals surface area contributed by atoms with Crippen molar-refractivity contribution in [2.75, 3.05) is 11.9 Å². The molecule has 26 heavy (non-hydrogen) atoms. The molecule has 1 aromatic heterocycles. The molecule has 2 aromatic rings. The molecule has 1 amide bonds. The third-order valence-electron chi connectivity index (χ3n) is 3.49. The number of benzene rings is 1. The summed E-state index contributed by atoms with van der Waals surface area (Å²) in [6.07, 6.45) is -4.73. The summed E-state index contributed by atoms with van der Waals surface area (Å²) in [5.41, 5.74) is 2.17. The summed E-state index contributed by atoms with van der Waals surface area (Å²) >= 11 is 0. The van der Waals surface area contributed by atoms with Crippen LogP contribution >= 0.6 is 0 Å². The molecule has 0 saturated carbocycles. The Balaban J connectivity index is 2.04. The average Bonchev–Trinajstić information content (AvgIpc) is 2.53. The molecule has 0 unspecified atom stereocenters. The second kappa shape index (κ2) is 8.07. The van der Waals surface area contributed by atoms with Crippen molar-refractivity contribution in [1.82, 2.24) is 10.3 Å². The SMILES string of the molecule is CCNc1cc(C(=O)NCc2ccc(OC(F)(F)F)c(C)c2)cc(C)n1. The molecule has 0 bridgehead atoms. The van der Waals surface area contributed by atoms with Crippen LogP contribution in [0.1, 0.15) is 34.1 Å². The van der Waals surface area contributed by atoms with E-state index in [1.54, 1.807) is 25.1 Å². The molecule has 0 aliphatic heterocycles.